The quantitative estimate of drug-likeness (QED) is 0.788. The normalized spacial score (nSPS) is 23.7. The van der Waals surface area contributed by atoms with Crippen LogP contribution in [-0.2, 0) is 0 Å². The summed E-state index contributed by atoms with van der Waals surface area (Å²) in [7, 11) is 0. The van der Waals surface area contributed by atoms with Gasteiger partial charge in [-0.05, 0) is 43.4 Å². The van der Waals surface area contributed by atoms with Gasteiger partial charge in [-0.25, -0.2) is 0 Å². The minimum atomic E-state index is 0.0125. The highest BCUT2D eigenvalue weighted by molar-refractivity contribution is 5.97. The first-order chi connectivity index (χ1) is 8.59. The number of nitrogens with one attached hydrogen (secondary N) is 1. The fraction of sp³-hybridized carbons (Fsp3) is 0.533. The van der Waals surface area contributed by atoms with E-state index in [1.54, 1.807) is 0 Å². The van der Waals surface area contributed by atoms with E-state index in [1.807, 2.05) is 25.1 Å². The van der Waals surface area contributed by atoms with Crippen LogP contribution in [-0.4, -0.2) is 11.9 Å². The second kappa shape index (κ2) is 5.42. The Morgan fingerprint density at radius 1 is 1.33 bits per heavy atom. The largest absolute Gasteiger partial charge is 0.398 e. The summed E-state index contributed by atoms with van der Waals surface area (Å²) in [5.74, 6) is 0.586. The fourth-order valence-electron chi connectivity index (χ4n) is 2.68. The molecule has 1 aromatic carbocycles. The highest BCUT2D eigenvalue weighted by Gasteiger charge is 2.23. The molecule has 18 heavy (non-hydrogen) atoms. The van der Waals surface area contributed by atoms with Crippen molar-refractivity contribution in [2.24, 2.45) is 5.92 Å². The maximum Gasteiger partial charge on any atom is 0.251 e. The molecule has 0 spiro atoms. The number of nitrogen functional groups attached to an aromatic ring is 1. The van der Waals surface area contributed by atoms with E-state index in [0.29, 0.717) is 23.2 Å². The molecule has 0 saturated heterocycles. The van der Waals surface area contributed by atoms with Crippen molar-refractivity contribution in [3.8, 4) is 0 Å². The minimum absolute atomic E-state index is 0.0125. The van der Waals surface area contributed by atoms with Gasteiger partial charge in [-0.3, -0.25) is 4.79 Å². The van der Waals surface area contributed by atoms with Crippen molar-refractivity contribution in [2.45, 2.75) is 45.6 Å². The van der Waals surface area contributed by atoms with Crippen molar-refractivity contribution in [3.05, 3.63) is 29.3 Å². The van der Waals surface area contributed by atoms with E-state index in [9.17, 15) is 4.79 Å². The summed E-state index contributed by atoms with van der Waals surface area (Å²) in [6.07, 6.45) is 4.80. The Labute approximate surface area is 109 Å². The Hall–Kier alpha value is -1.51. The van der Waals surface area contributed by atoms with Crippen LogP contribution in [0.15, 0.2) is 18.2 Å². The van der Waals surface area contributed by atoms with E-state index in [4.69, 9.17) is 5.73 Å². The van der Waals surface area contributed by atoms with Gasteiger partial charge in [0.15, 0.2) is 0 Å². The molecule has 1 saturated carbocycles. The summed E-state index contributed by atoms with van der Waals surface area (Å²) in [5.41, 5.74) is 8.09. The van der Waals surface area contributed by atoms with Gasteiger partial charge < -0.3 is 11.1 Å². The van der Waals surface area contributed by atoms with Crippen molar-refractivity contribution in [1.82, 2.24) is 5.32 Å². The van der Waals surface area contributed by atoms with E-state index in [2.05, 4.69) is 12.2 Å². The Bertz CT molecular complexity index is 442. The average Bonchev–Trinajstić information content (AvgIpc) is 2.35. The number of hydrogen-bond donors (Lipinski definition) is 2. The number of nitrogens with two attached hydrogens (primary N) is 1. The first kappa shape index (κ1) is 12.9. The van der Waals surface area contributed by atoms with E-state index >= 15 is 0 Å². The van der Waals surface area contributed by atoms with E-state index in [1.165, 1.54) is 19.3 Å². The highest BCUT2D eigenvalue weighted by atomic mass is 16.1. The van der Waals surface area contributed by atoms with Crippen molar-refractivity contribution >= 4 is 11.6 Å². The second-order valence-corrected chi connectivity index (χ2v) is 5.36. The molecule has 3 nitrogen and oxygen atoms in total. The molecule has 1 aromatic rings. The molecule has 1 aliphatic carbocycles. The maximum absolute atomic E-state index is 12.3. The lowest BCUT2D eigenvalue weighted by atomic mass is 9.85. The third kappa shape index (κ3) is 2.66. The summed E-state index contributed by atoms with van der Waals surface area (Å²) in [5, 5.41) is 3.16. The van der Waals surface area contributed by atoms with Gasteiger partial charge in [0.1, 0.15) is 0 Å². The molecule has 1 fully saturated rings. The van der Waals surface area contributed by atoms with E-state index < -0.39 is 0 Å². The number of carbonyl (C=O) groups excluding carboxylic acids is 1. The Balaban J connectivity index is 2.09. The zero-order valence-electron chi connectivity index (χ0n) is 11.2. The first-order valence-corrected chi connectivity index (χ1v) is 6.75. The second-order valence-electron chi connectivity index (χ2n) is 5.36. The fourth-order valence-corrected chi connectivity index (χ4v) is 2.68. The standard InChI is InChI=1S/C15H22N2O/c1-10-6-3-4-9-14(10)17-15(18)12-7-5-8-13(16)11(12)2/h5,7-8,10,14H,3-4,6,9,16H2,1-2H3,(H,17,18)/t10-,14+/m0/s1. The lowest BCUT2D eigenvalue weighted by molar-refractivity contribution is 0.0909. The Kier molecular flexibility index (Phi) is 3.90. The molecule has 0 unspecified atom stereocenters. The maximum atomic E-state index is 12.3. The molecule has 3 N–H and O–H groups in total. The lowest BCUT2D eigenvalue weighted by Crippen LogP contribution is -2.41. The molecule has 1 aliphatic rings. The van der Waals surface area contributed by atoms with Crippen molar-refractivity contribution in [3.63, 3.8) is 0 Å². The van der Waals surface area contributed by atoms with Crippen LogP contribution in [0.1, 0.15) is 48.5 Å². The zero-order valence-corrected chi connectivity index (χ0v) is 11.2. The molecule has 2 atom stereocenters. The third-order valence-electron chi connectivity index (χ3n) is 4.05. The number of amides is 1. The molecule has 0 aromatic heterocycles. The van der Waals surface area contributed by atoms with Gasteiger partial charge in [0.2, 0.25) is 0 Å². The summed E-state index contributed by atoms with van der Waals surface area (Å²) >= 11 is 0. The molecule has 0 aliphatic heterocycles. The molecule has 0 bridgehead atoms. The van der Waals surface area contributed by atoms with E-state index in [-0.39, 0.29) is 5.91 Å². The van der Waals surface area contributed by atoms with Gasteiger partial charge in [0.25, 0.3) is 5.91 Å². The summed E-state index contributed by atoms with van der Waals surface area (Å²) in [4.78, 5) is 12.3. The number of carbonyl (C=O) groups is 1. The topological polar surface area (TPSA) is 55.1 Å². The number of hydrogen-bond acceptors (Lipinski definition) is 2. The molecule has 3 heteroatoms. The van der Waals surface area contributed by atoms with Crippen molar-refractivity contribution < 1.29 is 4.79 Å². The van der Waals surface area contributed by atoms with Gasteiger partial charge in [0, 0.05) is 17.3 Å². The predicted molar refractivity (Wildman–Crippen MR) is 74.5 cm³/mol. The Morgan fingerprint density at radius 3 is 2.78 bits per heavy atom. The summed E-state index contributed by atoms with van der Waals surface area (Å²) in [6, 6.07) is 5.82. The molecule has 0 heterocycles. The van der Waals surface area contributed by atoms with Crippen molar-refractivity contribution in [1.29, 1.82) is 0 Å². The van der Waals surface area contributed by atoms with Crippen LogP contribution in [0.3, 0.4) is 0 Å². The molecule has 2 rings (SSSR count). The number of anilines is 1. The van der Waals surface area contributed by atoms with Gasteiger partial charge >= 0.3 is 0 Å². The predicted octanol–water partition coefficient (Wildman–Crippen LogP) is 2.89. The Morgan fingerprint density at radius 2 is 2.06 bits per heavy atom. The van der Waals surface area contributed by atoms with Gasteiger partial charge in [-0.15, -0.1) is 0 Å². The van der Waals surface area contributed by atoms with E-state index in [0.717, 1.165) is 12.0 Å². The van der Waals surface area contributed by atoms with Crippen LogP contribution in [0, 0.1) is 12.8 Å². The zero-order chi connectivity index (χ0) is 13.1. The SMILES string of the molecule is Cc1c(N)cccc1C(=O)N[C@@H]1CCCC[C@@H]1C. The van der Waals surface area contributed by atoms with Gasteiger partial charge in [-0.1, -0.05) is 25.8 Å². The van der Waals surface area contributed by atoms with Crippen LogP contribution in [0.2, 0.25) is 0 Å². The number of benzene rings is 1. The van der Waals surface area contributed by atoms with Crippen molar-refractivity contribution in [2.75, 3.05) is 5.73 Å². The smallest absolute Gasteiger partial charge is 0.251 e. The van der Waals surface area contributed by atoms with Gasteiger partial charge in [0.05, 0.1) is 0 Å². The van der Waals surface area contributed by atoms with Crippen LogP contribution >= 0.6 is 0 Å². The monoisotopic (exact) mass is 246 g/mol. The summed E-state index contributed by atoms with van der Waals surface area (Å²) < 4.78 is 0. The first-order valence-electron chi connectivity index (χ1n) is 6.75. The molecule has 98 valence electrons. The molecular weight excluding hydrogens is 224 g/mol. The molecular formula is C15H22N2O. The van der Waals surface area contributed by atoms with Crippen LogP contribution < -0.4 is 11.1 Å². The lowest BCUT2D eigenvalue weighted by Gasteiger charge is -2.29. The molecule has 1 amide bonds. The van der Waals surface area contributed by atoms with Gasteiger partial charge in [-0.2, -0.15) is 0 Å². The highest BCUT2D eigenvalue weighted by Crippen LogP contribution is 2.24. The minimum Gasteiger partial charge on any atom is -0.398 e. The average molecular weight is 246 g/mol. The van der Waals surface area contributed by atoms with Crippen LogP contribution in [0.5, 0.6) is 0 Å². The third-order valence-corrected chi connectivity index (χ3v) is 4.05. The summed E-state index contributed by atoms with van der Waals surface area (Å²) in [6.45, 7) is 4.12. The van der Waals surface area contributed by atoms with Crippen LogP contribution in [0.25, 0.3) is 0 Å². The number of rotatable bonds is 2. The molecule has 0 radical (unpaired) electrons. The van der Waals surface area contributed by atoms with Crippen LogP contribution in [0.4, 0.5) is 5.69 Å².